The Hall–Kier alpha value is -2.19. The summed E-state index contributed by atoms with van der Waals surface area (Å²) in [5.41, 5.74) is 6.61. The SMILES string of the molecule is C#CCN1CCC(Nc2cc(C(N)=O)ccc2OC)CC1. The van der Waals surface area contributed by atoms with Gasteiger partial charge in [-0.2, -0.15) is 0 Å². The van der Waals surface area contributed by atoms with Crippen LogP contribution in [0.25, 0.3) is 0 Å². The Bertz CT molecular complexity index is 543. The van der Waals surface area contributed by atoms with Gasteiger partial charge in [-0.1, -0.05) is 5.92 Å². The first-order valence-corrected chi connectivity index (χ1v) is 7.04. The second kappa shape index (κ2) is 7.00. The van der Waals surface area contributed by atoms with Crippen molar-refractivity contribution < 1.29 is 9.53 Å². The van der Waals surface area contributed by atoms with Crippen LogP contribution in [0, 0.1) is 12.3 Å². The zero-order valence-corrected chi connectivity index (χ0v) is 12.3. The van der Waals surface area contributed by atoms with Crippen molar-refractivity contribution >= 4 is 11.6 Å². The van der Waals surface area contributed by atoms with Crippen LogP contribution in [0.5, 0.6) is 5.75 Å². The van der Waals surface area contributed by atoms with Crippen molar-refractivity contribution in [3.63, 3.8) is 0 Å². The number of rotatable bonds is 5. The number of benzene rings is 1. The van der Waals surface area contributed by atoms with Crippen molar-refractivity contribution in [2.75, 3.05) is 32.1 Å². The van der Waals surface area contributed by atoms with Crippen LogP contribution in [0.15, 0.2) is 18.2 Å². The minimum atomic E-state index is -0.440. The molecule has 1 saturated heterocycles. The lowest BCUT2D eigenvalue weighted by molar-refractivity contribution is 0.100. The number of methoxy groups -OCH3 is 1. The van der Waals surface area contributed by atoms with E-state index in [1.54, 1.807) is 25.3 Å². The van der Waals surface area contributed by atoms with Crippen LogP contribution < -0.4 is 15.8 Å². The minimum Gasteiger partial charge on any atom is -0.495 e. The number of nitrogens with two attached hydrogens (primary N) is 1. The largest absolute Gasteiger partial charge is 0.495 e. The third-order valence-electron chi connectivity index (χ3n) is 3.75. The van der Waals surface area contributed by atoms with E-state index in [1.165, 1.54) is 0 Å². The lowest BCUT2D eigenvalue weighted by atomic mass is 10.0. The number of anilines is 1. The third-order valence-corrected chi connectivity index (χ3v) is 3.75. The number of piperidine rings is 1. The predicted molar refractivity (Wildman–Crippen MR) is 83.4 cm³/mol. The number of carbonyl (C=O) groups is 1. The maximum atomic E-state index is 11.3. The van der Waals surface area contributed by atoms with Gasteiger partial charge in [-0.05, 0) is 31.0 Å². The highest BCUT2D eigenvalue weighted by Crippen LogP contribution is 2.27. The summed E-state index contributed by atoms with van der Waals surface area (Å²) >= 11 is 0. The molecule has 5 heteroatoms. The molecule has 21 heavy (non-hydrogen) atoms. The number of hydrogen-bond donors (Lipinski definition) is 2. The van der Waals surface area contributed by atoms with E-state index in [2.05, 4.69) is 16.1 Å². The third kappa shape index (κ3) is 3.89. The van der Waals surface area contributed by atoms with Gasteiger partial charge in [0, 0.05) is 24.7 Å². The molecule has 0 spiro atoms. The summed E-state index contributed by atoms with van der Waals surface area (Å²) in [5.74, 6) is 2.95. The second-order valence-corrected chi connectivity index (χ2v) is 5.18. The van der Waals surface area contributed by atoms with Gasteiger partial charge >= 0.3 is 0 Å². The minimum absolute atomic E-state index is 0.344. The van der Waals surface area contributed by atoms with Crippen molar-refractivity contribution in [1.82, 2.24) is 4.90 Å². The van der Waals surface area contributed by atoms with E-state index in [0.29, 0.717) is 23.9 Å². The topological polar surface area (TPSA) is 67.6 Å². The molecule has 1 amide bonds. The molecule has 1 aliphatic rings. The average molecular weight is 287 g/mol. The normalized spacial score (nSPS) is 16.2. The number of carbonyl (C=O) groups excluding carboxylic acids is 1. The maximum Gasteiger partial charge on any atom is 0.248 e. The number of nitrogens with one attached hydrogen (secondary N) is 1. The molecule has 0 radical (unpaired) electrons. The van der Waals surface area contributed by atoms with E-state index >= 15 is 0 Å². The molecule has 1 aromatic carbocycles. The molecule has 0 saturated carbocycles. The van der Waals surface area contributed by atoms with Gasteiger partial charge in [-0.15, -0.1) is 6.42 Å². The summed E-state index contributed by atoms with van der Waals surface area (Å²) in [5, 5.41) is 3.45. The van der Waals surface area contributed by atoms with Gasteiger partial charge in [0.05, 0.1) is 19.3 Å². The Kier molecular flexibility index (Phi) is 5.07. The first-order valence-electron chi connectivity index (χ1n) is 7.04. The predicted octanol–water partition coefficient (Wildman–Crippen LogP) is 1.30. The number of nitrogens with zero attached hydrogens (tertiary/aromatic N) is 1. The lowest BCUT2D eigenvalue weighted by Crippen LogP contribution is -2.39. The van der Waals surface area contributed by atoms with Crippen LogP contribution in [-0.2, 0) is 0 Å². The summed E-state index contributed by atoms with van der Waals surface area (Å²) in [6, 6.07) is 5.52. The highest BCUT2D eigenvalue weighted by Gasteiger charge is 2.19. The summed E-state index contributed by atoms with van der Waals surface area (Å²) in [7, 11) is 1.61. The molecular weight excluding hydrogens is 266 g/mol. The molecule has 1 heterocycles. The molecule has 0 aromatic heterocycles. The van der Waals surface area contributed by atoms with Crippen LogP contribution in [0.3, 0.4) is 0 Å². The van der Waals surface area contributed by atoms with Crippen molar-refractivity contribution in [2.24, 2.45) is 5.73 Å². The highest BCUT2D eigenvalue weighted by molar-refractivity contribution is 5.94. The molecule has 5 nitrogen and oxygen atoms in total. The van der Waals surface area contributed by atoms with Gasteiger partial charge in [-0.25, -0.2) is 0 Å². The summed E-state index contributed by atoms with van der Waals surface area (Å²) in [6.07, 6.45) is 7.34. The zero-order valence-electron chi connectivity index (χ0n) is 12.3. The molecule has 0 bridgehead atoms. The second-order valence-electron chi connectivity index (χ2n) is 5.18. The van der Waals surface area contributed by atoms with E-state index in [4.69, 9.17) is 16.9 Å². The van der Waals surface area contributed by atoms with Crippen LogP contribution in [-0.4, -0.2) is 43.6 Å². The molecule has 0 atom stereocenters. The maximum absolute atomic E-state index is 11.3. The number of primary amides is 1. The Labute approximate surface area is 125 Å². The van der Waals surface area contributed by atoms with E-state index < -0.39 is 5.91 Å². The molecule has 0 aliphatic carbocycles. The van der Waals surface area contributed by atoms with E-state index in [1.807, 2.05) is 0 Å². The fourth-order valence-corrected chi connectivity index (χ4v) is 2.56. The molecule has 2 rings (SSSR count). The summed E-state index contributed by atoms with van der Waals surface area (Å²) in [6.45, 7) is 2.65. The molecule has 3 N–H and O–H groups in total. The van der Waals surface area contributed by atoms with Gasteiger partial charge in [0.1, 0.15) is 5.75 Å². The summed E-state index contributed by atoms with van der Waals surface area (Å²) < 4.78 is 5.33. The van der Waals surface area contributed by atoms with Crippen molar-refractivity contribution in [2.45, 2.75) is 18.9 Å². The van der Waals surface area contributed by atoms with E-state index in [0.717, 1.165) is 31.6 Å². The zero-order chi connectivity index (χ0) is 15.2. The molecule has 1 aromatic rings. The van der Waals surface area contributed by atoms with E-state index in [-0.39, 0.29) is 0 Å². The number of hydrogen-bond acceptors (Lipinski definition) is 4. The van der Waals surface area contributed by atoms with Crippen molar-refractivity contribution in [3.8, 4) is 18.1 Å². The first kappa shape index (κ1) is 15.2. The Morgan fingerprint density at radius 2 is 2.24 bits per heavy atom. The Morgan fingerprint density at radius 1 is 1.52 bits per heavy atom. The first-order chi connectivity index (χ1) is 10.1. The monoisotopic (exact) mass is 287 g/mol. The van der Waals surface area contributed by atoms with Crippen LogP contribution in [0.4, 0.5) is 5.69 Å². The van der Waals surface area contributed by atoms with Gasteiger partial charge in [-0.3, -0.25) is 9.69 Å². The van der Waals surface area contributed by atoms with Crippen LogP contribution in [0.2, 0.25) is 0 Å². The van der Waals surface area contributed by atoms with Crippen molar-refractivity contribution in [1.29, 1.82) is 0 Å². The van der Waals surface area contributed by atoms with Crippen LogP contribution >= 0.6 is 0 Å². The van der Waals surface area contributed by atoms with E-state index in [9.17, 15) is 4.79 Å². The average Bonchev–Trinajstić information content (AvgIpc) is 2.49. The van der Waals surface area contributed by atoms with Gasteiger partial charge < -0.3 is 15.8 Å². The lowest BCUT2D eigenvalue weighted by Gasteiger charge is -2.32. The smallest absolute Gasteiger partial charge is 0.248 e. The quantitative estimate of drug-likeness (QED) is 0.801. The highest BCUT2D eigenvalue weighted by atomic mass is 16.5. The molecule has 1 fully saturated rings. The van der Waals surface area contributed by atoms with Crippen molar-refractivity contribution in [3.05, 3.63) is 23.8 Å². The molecule has 112 valence electrons. The summed E-state index contributed by atoms with van der Waals surface area (Å²) in [4.78, 5) is 13.5. The van der Waals surface area contributed by atoms with Gasteiger partial charge in [0.2, 0.25) is 5.91 Å². The molecule has 0 unspecified atom stereocenters. The molecular formula is C16H21N3O2. The fraction of sp³-hybridized carbons (Fsp3) is 0.438. The Balaban J connectivity index is 2.04. The number of terminal acetylenes is 1. The number of ether oxygens (including phenoxy) is 1. The van der Waals surface area contributed by atoms with Gasteiger partial charge in [0.25, 0.3) is 0 Å². The van der Waals surface area contributed by atoms with Crippen LogP contribution in [0.1, 0.15) is 23.2 Å². The number of likely N-dealkylation sites (tertiary alicyclic amines) is 1. The number of amides is 1. The fourth-order valence-electron chi connectivity index (χ4n) is 2.56. The standard InChI is InChI=1S/C16H21N3O2/c1-3-8-19-9-6-13(7-10-19)18-14-11-12(16(17)20)4-5-15(14)21-2/h1,4-5,11,13,18H,6-10H2,2H3,(H2,17,20). The van der Waals surface area contributed by atoms with Gasteiger partial charge in [0.15, 0.2) is 0 Å². The molecule has 1 aliphatic heterocycles. The Morgan fingerprint density at radius 3 is 2.81 bits per heavy atom.